The van der Waals surface area contributed by atoms with Gasteiger partial charge >= 0.3 is 53.7 Å². The highest BCUT2D eigenvalue weighted by Crippen LogP contribution is 2.24. The minimum absolute atomic E-state index is 0.0180. The molecule has 0 saturated carbocycles. The fourth-order valence-corrected chi connectivity index (χ4v) is 13.1. The van der Waals surface area contributed by atoms with Crippen LogP contribution in [0.3, 0.4) is 0 Å². The number of likely N-dealkylation sites (tertiary alicyclic amines) is 1. The molecule has 0 bridgehead atoms. The van der Waals surface area contributed by atoms with Crippen LogP contribution in [0, 0.1) is 23.2 Å². The number of amides is 11. The van der Waals surface area contributed by atoms with Crippen molar-refractivity contribution < 1.29 is 166 Å². The van der Waals surface area contributed by atoms with Crippen LogP contribution in [0.4, 0.5) is 0 Å². The second-order valence-electron chi connectivity index (χ2n) is 31.1. The van der Waals surface area contributed by atoms with Gasteiger partial charge < -0.3 is 126 Å². The number of hydrogen-bond donors (Lipinski definition) is 23. The van der Waals surface area contributed by atoms with Gasteiger partial charge in [-0.2, -0.15) is 0 Å². The van der Waals surface area contributed by atoms with Crippen LogP contribution in [0.1, 0.15) is 204 Å². The Hall–Kier alpha value is -13.5. The van der Waals surface area contributed by atoms with E-state index in [1.807, 2.05) is 13.8 Å². The molecule has 0 aromatic heterocycles. The predicted molar refractivity (Wildman–Crippen MR) is 441 cm³/mol. The molecule has 1 saturated heterocycles. The molecule has 1 aromatic carbocycles. The molecule has 0 spiro atoms. The highest BCUT2D eigenvalue weighted by molar-refractivity contribution is 6.01. The number of guanidine groups is 1. The minimum atomic E-state index is -2.16. The number of carbonyl (C=O) groups excluding carboxylic acids is 15. The molecule has 1 aliphatic heterocycles. The number of nitrogens with zero attached hydrogens (tertiary/aromatic N) is 1. The summed E-state index contributed by atoms with van der Waals surface area (Å²) in [6.07, 6.45) is -16.7. The molecule has 1 heterocycles. The summed E-state index contributed by atoms with van der Waals surface area (Å²) in [6, 6.07) is -12.9. The molecule has 49 heteroatoms. The lowest BCUT2D eigenvalue weighted by Crippen LogP contribution is -2.58. The molecule has 1 fully saturated rings. The summed E-state index contributed by atoms with van der Waals surface area (Å²) >= 11 is 0. The van der Waals surface area contributed by atoms with Crippen LogP contribution >= 0.6 is 0 Å². The van der Waals surface area contributed by atoms with Crippen LogP contribution in [0.5, 0.6) is 0 Å². The third-order valence-electron chi connectivity index (χ3n) is 20.1. The van der Waals surface area contributed by atoms with Gasteiger partial charge in [0.2, 0.25) is 65.0 Å². The van der Waals surface area contributed by atoms with Crippen molar-refractivity contribution in [3.8, 4) is 0 Å². The van der Waals surface area contributed by atoms with E-state index in [0.29, 0.717) is 18.4 Å². The molecule has 0 aliphatic carbocycles. The fourth-order valence-electron chi connectivity index (χ4n) is 13.1. The van der Waals surface area contributed by atoms with Gasteiger partial charge in [0.05, 0.1) is 30.8 Å². The van der Waals surface area contributed by atoms with Gasteiger partial charge in [-0.25, -0.2) is 0 Å². The Morgan fingerprint density at radius 1 is 0.426 bits per heavy atom. The quantitative estimate of drug-likeness (QED) is 0.0128. The van der Waals surface area contributed by atoms with E-state index in [1.54, 1.807) is 0 Å². The number of ketones is 4. The summed E-state index contributed by atoms with van der Waals surface area (Å²) in [7, 11) is 0. The van der Waals surface area contributed by atoms with Gasteiger partial charge in [-0.3, -0.25) is 120 Å². The molecule has 129 heavy (non-hydrogen) atoms. The van der Waals surface area contributed by atoms with E-state index in [2.05, 4.69) is 58.5 Å². The zero-order valence-corrected chi connectivity index (χ0v) is 71.6. The average Bonchev–Trinajstić information content (AvgIpc) is 1.70. The van der Waals surface area contributed by atoms with E-state index in [4.69, 9.17) is 26.7 Å². The first-order chi connectivity index (χ1) is 60.5. The van der Waals surface area contributed by atoms with Crippen molar-refractivity contribution in [2.45, 2.75) is 261 Å². The molecule has 49 nitrogen and oxygen atoms in total. The van der Waals surface area contributed by atoms with E-state index < -0.39 is 363 Å². The van der Waals surface area contributed by atoms with Gasteiger partial charge in [0.1, 0.15) is 48.9 Å². The number of nitrogens with two attached hydrogens (primary N) is 2. The lowest BCUT2D eigenvalue weighted by atomic mass is 9.91. The van der Waals surface area contributed by atoms with E-state index in [-0.39, 0.29) is 61.4 Å². The normalized spacial score (nSPS) is 15.0. The number of carboxylic acid groups (broad SMARTS) is 9. The van der Waals surface area contributed by atoms with Crippen molar-refractivity contribution in [3.63, 3.8) is 0 Å². The lowest BCUT2D eigenvalue weighted by Gasteiger charge is -2.30. The first-order valence-corrected chi connectivity index (χ1v) is 41.3. The molecule has 0 radical (unpaired) electrons. The number of ether oxygens (including phenoxy) is 1. The van der Waals surface area contributed by atoms with Gasteiger partial charge in [-0.15, -0.1) is 0 Å². The van der Waals surface area contributed by atoms with Gasteiger partial charge in [0.15, 0.2) is 29.1 Å². The molecule has 1 aromatic rings. The third kappa shape index (κ3) is 45.5. The number of Topliss-reactive ketones (excluding diaryl/α,β-unsaturated/α-hetero) is 4. The summed E-state index contributed by atoms with van der Waals surface area (Å²) in [5.74, 6) is -34.0. The summed E-state index contributed by atoms with van der Waals surface area (Å²) in [6.45, 7) is 5.01. The van der Waals surface area contributed by atoms with Crippen molar-refractivity contribution in [3.05, 3.63) is 35.4 Å². The molecule has 1 aliphatic rings. The van der Waals surface area contributed by atoms with Gasteiger partial charge in [-0.05, 0) is 115 Å². The summed E-state index contributed by atoms with van der Waals surface area (Å²) in [4.78, 5) is 316. The van der Waals surface area contributed by atoms with Crippen LogP contribution in [-0.2, 0) is 121 Å². The van der Waals surface area contributed by atoms with Crippen molar-refractivity contribution >= 4 is 148 Å². The van der Waals surface area contributed by atoms with E-state index in [1.165, 1.54) is 43.0 Å². The fraction of sp³-hybridized carbons (Fsp3) is 0.613. The van der Waals surface area contributed by atoms with E-state index >= 15 is 0 Å². The molecule has 13 atom stereocenters. The Morgan fingerprint density at radius 2 is 0.798 bits per heavy atom. The Morgan fingerprint density at radius 3 is 1.19 bits per heavy atom. The number of hydrogen-bond acceptors (Lipinski definition) is 27. The molecule has 11 amide bonds. The number of aliphatic carboxylic acids is 9. The molecule has 716 valence electrons. The number of carboxylic acids is 9. The number of rotatable bonds is 67. The monoisotopic (exact) mass is 1830 g/mol. The summed E-state index contributed by atoms with van der Waals surface area (Å²) < 4.78 is 5.55. The van der Waals surface area contributed by atoms with Crippen molar-refractivity contribution in [1.82, 2.24) is 63.4 Å². The largest absolute Gasteiger partial charge is 0.481 e. The van der Waals surface area contributed by atoms with Crippen molar-refractivity contribution in [2.24, 2.45) is 29.2 Å². The number of benzene rings is 1. The summed E-state index contributed by atoms with van der Waals surface area (Å²) in [5, 5.41) is 120. The van der Waals surface area contributed by atoms with Crippen molar-refractivity contribution in [2.75, 3.05) is 32.8 Å². The van der Waals surface area contributed by atoms with Crippen LogP contribution in [-0.4, -0.2) is 298 Å². The van der Waals surface area contributed by atoms with Gasteiger partial charge in [-0.1, -0.05) is 38.1 Å². The molecule has 25 N–H and O–H groups in total. The Kier molecular flexibility index (Phi) is 50.1. The van der Waals surface area contributed by atoms with Crippen LogP contribution < -0.4 is 70.0 Å². The summed E-state index contributed by atoms with van der Waals surface area (Å²) in [5.41, 5.74) is 11.7. The van der Waals surface area contributed by atoms with Crippen LogP contribution in [0.2, 0.25) is 0 Å². The van der Waals surface area contributed by atoms with Crippen molar-refractivity contribution in [1.29, 1.82) is 5.41 Å². The third-order valence-corrected chi connectivity index (χ3v) is 20.1. The van der Waals surface area contributed by atoms with E-state index in [9.17, 15) is 156 Å². The average molecular weight is 1830 g/mol. The zero-order chi connectivity index (χ0) is 97.5. The smallest absolute Gasteiger partial charge is 0.303 e. The Balaban J connectivity index is 2.58. The first kappa shape index (κ1) is 112. The SMILES string of the molecule is CC(=O)c1ccc(C[C@@H](NC(=O)[C@@H](CCC(=O)O)NC(=O)[C@@H](CCC(=O)O)NC(=O)[C@@H](CCC(=O)O)CC(=O)[C@@H](CCC(=O)O)NC(=O)[C@@H](CCC(=O)O)NC(=O)[C@@H](CCC(=O)O)NC(=O)[C@@H](CCC(=O)O)CC(=O)[C@@H](CCC(=O)O)NC(=O)[C@H](N)CCC(=O)O)C(=O)NCCOCC(=O)N[C@@H](CCCNC(=N)N)C(=O)N2CCC[C@H]2C(=O)N[C@@H](CC(C)C)C(C)=O)cc1. The maximum atomic E-state index is 14.5. The minimum Gasteiger partial charge on any atom is -0.481 e. The Labute approximate surface area is 738 Å². The predicted octanol–water partition coefficient (Wildman–Crippen LogP) is -3.92. The molecule has 0 unspecified atom stereocenters. The molecule has 2 rings (SSSR count). The maximum Gasteiger partial charge on any atom is 0.303 e. The van der Waals surface area contributed by atoms with Gasteiger partial charge in [0, 0.05) is 114 Å². The second-order valence-corrected chi connectivity index (χ2v) is 31.1. The highest BCUT2D eigenvalue weighted by Gasteiger charge is 2.41. The molecular weight excluding hydrogens is 1710 g/mol. The standard InChI is InChI=1S/C80H117N15O34/c1-40(2)35-55(42(4)97)93-78(127)57-8-6-33-95(57)79(128)54(7-5-31-85-80(82)83)86-60(100)39-129-34-32-84-73(122)56(36-43-9-11-44(12-10-43)41(3)96)94-77(126)53(21-30-69(117)118)92-76(125)51(19-28-67(113)114)90-71(120)46(14-23-62(103)104)38-59(99)49(17-26-65(109)110)88-74(123)52(20-29-68(115)116)91-75(124)50(18-27-66(111)112)89-70(119)45(13-22-61(101)102)37-58(98)48(16-25-64(107)108)87-72(121)47(81)15-24-63(105)106/h9-12,40,45-57H,5-8,13-39,81H2,1-4H3,(H,84,122)(H,86,100)(H,87,121)(H,88,123)(H,89,119)(H,90,120)(H,91,124)(H,92,125)(H,93,127)(H,94,126)(H,101,102)(H,103,104)(H,105,106)(H,107,108)(H,109,110)(H,111,112)(H,113,114)(H,115,116)(H,117,118)(H4,82,83,85)/t45-,46-,47+,48+,49+,50+,51+,52+,53+,54-,55-,56+,57-/m0/s1. The van der Waals surface area contributed by atoms with Crippen LogP contribution in [0.15, 0.2) is 24.3 Å². The first-order valence-electron chi connectivity index (χ1n) is 41.3. The number of carbonyl (C=O) groups is 24. The zero-order valence-electron chi connectivity index (χ0n) is 71.6. The van der Waals surface area contributed by atoms with Gasteiger partial charge in [0.25, 0.3) is 0 Å². The maximum absolute atomic E-state index is 14.5. The lowest BCUT2D eigenvalue weighted by molar-refractivity contribution is -0.142. The van der Waals surface area contributed by atoms with Crippen LogP contribution in [0.25, 0.3) is 0 Å². The van der Waals surface area contributed by atoms with E-state index in [0.717, 1.165) is 0 Å². The Bertz CT molecular complexity index is 4200. The highest BCUT2D eigenvalue weighted by atomic mass is 16.5. The second kappa shape index (κ2) is 58.0. The topological polar surface area (TPSA) is 812 Å². The molecular formula is C80H117N15O34. The number of nitrogens with one attached hydrogen (secondary N) is 12.